The Labute approximate surface area is 174 Å². The number of hydrogen-bond acceptors (Lipinski definition) is 1. The van der Waals surface area contributed by atoms with E-state index in [9.17, 15) is 30.7 Å². The molecule has 3 aromatic rings. The lowest BCUT2D eigenvalue weighted by Crippen LogP contribution is -2.20. The predicted octanol–water partition coefficient (Wildman–Crippen LogP) is 7.74. The second kappa shape index (κ2) is 9.16. The molecule has 0 radical (unpaired) electrons. The Morgan fingerprint density at radius 1 is 0.839 bits per heavy atom. The molecule has 31 heavy (non-hydrogen) atoms. The van der Waals surface area contributed by atoms with Crippen LogP contribution in [0.5, 0.6) is 5.75 Å². The van der Waals surface area contributed by atoms with Gasteiger partial charge in [0.2, 0.25) is 0 Å². The van der Waals surface area contributed by atoms with Gasteiger partial charge in [-0.25, -0.2) is 17.6 Å². The van der Waals surface area contributed by atoms with Gasteiger partial charge in [-0.2, -0.15) is 13.2 Å². The third-order valence-corrected chi connectivity index (χ3v) is 4.83. The quantitative estimate of drug-likeness (QED) is 0.268. The molecular weight excluding hydrogens is 425 g/mol. The minimum Gasteiger partial charge on any atom is -0.478 e. The molecule has 0 spiro atoms. The minimum absolute atomic E-state index is 0.0466. The molecule has 0 aliphatic rings. The highest BCUT2D eigenvalue weighted by Crippen LogP contribution is 2.35. The molecule has 0 unspecified atom stereocenters. The lowest BCUT2D eigenvalue weighted by molar-refractivity contribution is -0.154. The summed E-state index contributed by atoms with van der Waals surface area (Å²) in [5.41, 5.74) is 0.209. The standard InChI is InChI=1S/C23H19F7O/c1-2-3-4-5-13-8-17(24)20(18(25)9-13)14-6-7-16-15(10-14)11-19(26)22(21(16)27)31-12-23(28,29)30/h6-11H,2-5,12H2,1H3. The predicted molar refractivity (Wildman–Crippen MR) is 104 cm³/mol. The third-order valence-electron chi connectivity index (χ3n) is 4.83. The molecule has 8 heteroatoms. The molecule has 0 N–H and O–H groups in total. The van der Waals surface area contributed by atoms with E-state index >= 15 is 0 Å². The topological polar surface area (TPSA) is 9.23 Å². The van der Waals surface area contributed by atoms with Gasteiger partial charge < -0.3 is 4.74 Å². The van der Waals surface area contributed by atoms with Crippen molar-refractivity contribution in [2.45, 2.75) is 38.8 Å². The van der Waals surface area contributed by atoms with E-state index in [4.69, 9.17) is 0 Å². The molecule has 0 amide bonds. The Hall–Kier alpha value is -2.77. The van der Waals surface area contributed by atoms with Gasteiger partial charge in [0.15, 0.2) is 24.0 Å². The Kier molecular flexibility index (Phi) is 6.77. The summed E-state index contributed by atoms with van der Waals surface area (Å²) in [6.45, 7) is 0.159. The van der Waals surface area contributed by atoms with Crippen LogP contribution in [0.25, 0.3) is 21.9 Å². The zero-order chi connectivity index (χ0) is 22.8. The summed E-state index contributed by atoms with van der Waals surface area (Å²) in [5, 5.41) is -0.308. The fourth-order valence-electron chi connectivity index (χ4n) is 3.38. The van der Waals surface area contributed by atoms with Crippen LogP contribution in [-0.2, 0) is 6.42 Å². The number of hydrogen-bond donors (Lipinski definition) is 0. The number of ether oxygens (including phenoxy) is 1. The SMILES string of the molecule is CCCCCc1cc(F)c(-c2ccc3c(F)c(OCC(F)(F)F)c(F)cc3c2)c(F)c1. The van der Waals surface area contributed by atoms with E-state index in [1.54, 1.807) is 0 Å². The van der Waals surface area contributed by atoms with Gasteiger partial charge >= 0.3 is 6.18 Å². The second-order valence-corrected chi connectivity index (χ2v) is 7.23. The van der Waals surface area contributed by atoms with Crippen LogP contribution in [0.15, 0.2) is 36.4 Å². The highest BCUT2D eigenvalue weighted by atomic mass is 19.4. The molecule has 0 aliphatic heterocycles. The molecule has 3 rings (SSSR count). The van der Waals surface area contributed by atoms with E-state index in [-0.39, 0.29) is 21.9 Å². The first-order chi connectivity index (χ1) is 14.6. The summed E-state index contributed by atoms with van der Waals surface area (Å²) in [6.07, 6.45) is -1.55. The summed E-state index contributed by atoms with van der Waals surface area (Å²) >= 11 is 0. The number of benzene rings is 3. The highest BCUT2D eigenvalue weighted by Gasteiger charge is 2.30. The highest BCUT2D eigenvalue weighted by molar-refractivity contribution is 5.89. The van der Waals surface area contributed by atoms with Crippen LogP contribution in [0.1, 0.15) is 31.7 Å². The van der Waals surface area contributed by atoms with Gasteiger partial charge in [0.1, 0.15) is 11.6 Å². The smallest absolute Gasteiger partial charge is 0.422 e. The summed E-state index contributed by atoms with van der Waals surface area (Å²) in [7, 11) is 0. The summed E-state index contributed by atoms with van der Waals surface area (Å²) in [4.78, 5) is 0. The van der Waals surface area contributed by atoms with Crippen LogP contribution in [0.3, 0.4) is 0 Å². The van der Waals surface area contributed by atoms with E-state index in [0.29, 0.717) is 12.0 Å². The Bertz CT molecular complexity index is 1070. The van der Waals surface area contributed by atoms with E-state index < -0.39 is 41.8 Å². The first-order valence-corrected chi connectivity index (χ1v) is 9.70. The van der Waals surface area contributed by atoms with E-state index in [1.807, 2.05) is 6.92 Å². The van der Waals surface area contributed by atoms with Crippen molar-refractivity contribution >= 4 is 10.8 Å². The average Bonchev–Trinajstić information content (AvgIpc) is 2.66. The van der Waals surface area contributed by atoms with Crippen LogP contribution in [-0.4, -0.2) is 12.8 Å². The molecule has 0 atom stereocenters. The van der Waals surface area contributed by atoms with Crippen molar-refractivity contribution in [2.24, 2.45) is 0 Å². The number of halogens is 7. The Morgan fingerprint density at radius 3 is 2.13 bits per heavy atom. The second-order valence-electron chi connectivity index (χ2n) is 7.23. The first-order valence-electron chi connectivity index (χ1n) is 9.70. The molecule has 1 nitrogen and oxygen atoms in total. The van der Waals surface area contributed by atoms with Gasteiger partial charge in [-0.05, 0) is 53.6 Å². The molecule has 0 aliphatic carbocycles. The maximum absolute atomic E-state index is 14.6. The first kappa shape index (κ1) is 22.9. The maximum Gasteiger partial charge on any atom is 0.422 e. The van der Waals surface area contributed by atoms with Gasteiger partial charge in [0.05, 0.1) is 5.56 Å². The number of unbranched alkanes of at least 4 members (excludes halogenated alkanes) is 2. The molecule has 166 valence electrons. The molecule has 0 saturated carbocycles. The molecule has 0 saturated heterocycles. The number of alkyl halides is 3. The van der Waals surface area contributed by atoms with Crippen LogP contribution >= 0.6 is 0 Å². The van der Waals surface area contributed by atoms with E-state index in [0.717, 1.165) is 31.4 Å². The van der Waals surface area contributed by atoms with Gasteiger partial charge in [0.25, 0.3) is 0 Å². The van der Waals surface area contributed by atoms with Gasteiger partial charge in [-0.15, -0.1) is 0 Å². The fraction of sp³-hybridized carbons (Fsp3) is 0.304. The van der Waals surface area contributed by atoms with Crippen LogP contribution in [0.2, 0.25) is 0 Å². The molecule has 0 fully saturated rings. The molecule has 0 bridgehead atoms. The van der Waals surface area contributed by atoms with Crippen molar-refractivity contribution in [1.82, 2.24) is 0 Å². The monoisotopic (exact) mass is 444 g/mol. The van der Waals surface area contributed by atoms with Crippen molar-refractivity contribution in [1.29, 1.82) is 0 Å². The van der Waals surface area contributed by atoms with E-state index in [1.165, 1.54) is 24.3 Å². The third kappa shape index (κ3) is 5.29. The largest absolute Gasteiger partial charge is 0.478 e. The zero-order valence-electron chi connectivity index (χ0n) is 16.6. The van der Waals surface area contributed by atoms with Crippen molar-refractivity contribution < 1.29 is 35.5 Å². The maximum atomic E-state index is 14.6. The summed E-state index contributed by atoms with van der Waals surface area (Å²) in [5.74, 6) is -5.45. The van der Waals surface area contributed by atoms with Crippen molar-refractivity contribution in [3.05, 3.63) is 65.2 Å². The molecule has 0 aromatic heterocycles. The normalized spacial score (nSPS) is 11.9. The van der Waals surface area contributed by atoms with Gasteiger partial charge in [-0.1, -0.05) is 31.9 Å². The van der Waals surface area contributed by atoms with Gasteiger partial charge in [0, 0.05) is 5.39 Å². The van der Waals surface area contributed by atoms with Crippen LogP contribution in [0, 0.1) is 23.3 Å². The van der Waals surface area contributed by atoms with Crippen LogP contribution in [0.4, 0.5) is 30.7 Å². The molecular formula is C23H19F7O. The molecule has 3 aromatic carbocycles. The van der Waals surface area contributed by atoms with E-state index in [2.05, 4.69) is 4.74 Å². The number of fused-ring (bicyclic) bond motifs is 1. The van der Waals surface area contributed by atoms with Crippen molar-refractivity contribution in [3.8, 4) is 16.9 Å². The van der Waals surface area contributed by atoms with Crippen molar-refractivity contribution in [3.63, 3.8) is 0 Å². The lowest BCUT2D eigenvalue weighted by atomic mass is 9.97. The Balaban J connectivity index is 1.98. The molecule has 0 heterocycles. The number of rotatable bonds is 7. The number of aryl methyl sites for hydroxylation is 1. The zero-order valence-corrected chi connectivity index (χ0v) is 16.6. The van der Waals surface area contributed by atoms with Crippen LogP contribution < -0.4 is 4.74 Å². The fourth-order valence-corrected chi connectivity index (χ4v) is 3.38. The minimum atomic E-state index is -4.77. The lowest BCUT2D eigenvalue weighted by Gasteiger charge is -2.13. The summed E-state index contributed by atoms with van der Waals surface area (Å²) in [6, 6.07) is 6.74. The summed E-state index contributed by atoms with van der Waals surface area (Å²) < 4.78 is 99.1. The van der Waals surface area contributed by atoms with Crippen molar-refractivity contribution in [2.75, 3.05) is 6.61 Å². The average molecular weight is 444 g/mol. The van der Waals surface area contributed by atoms with Gasteiger partial charge in [-0.3, -0.25) is 0 Å². The Morgan fingerprint density at radius 2 is 1.52 bits per heavy atom.